The number of hydrogen-bond donors (Lipinski definition) is 2. The number of nitrogen functional groups attached to an aromatic ring is 1. The van der Waals surface area contributed by atoms with E-state index in [1.54, 1.807) is 24.3 Å². The Morgan fingerprint density at radius 3 is 2.58 bits per heavy atom. The van der Waals surface area contributed by atoms with Crippen molar-refractivity contribution >= 4 is 23.6 Å². The van der Waals surface area contributed by atoms with Crippen LogP contribution in [-0.4, -0.2) is 93.4 Å². The number of hydrogen-bond acceptors (Lipinski definition) is 10. The van der Waals surface area contributed by atoms with E-state index in [0.29, 0.717) is 19.2 Å². The maximum absolute atomic E-state index is 12.6. The van der Waals surface area contributed by atoms with Crippen LogP contribution in [0.5, 0.6) is 0 Å². The van der Waals surface area contributed by atoms with Crippen molar-refractivity contribution in [3.8, 4) is 11.3 Å². The van der Waals surface area contributed by atoms with Gasteiger partial charge in [-0.05, 0) is 32.1 Å². The molecule has 1 saturated carbocycles. The minimum Gasteiger partial charge on any atom is -0.383 e. The van der Waals surface area contributed by atoms with Crippen LogP contribution in [0.25, 0.3) is 11.3 Å². The van der Waals surface area contributed by atoms with Gasteiger partial charge in [0.15, 0.2) is 0 Å². The van der Waals surface area contributed by atoms with Crippen LogP contribution in [0.15, 0.2) is 12.4 Å². The standard InChI is InChI=1S/C25H36N8O3/c1-14(2)21(34)23(35)31(4)17-9-18(10-17)33-6-5-19-20(16-11-27-24(26)28-12-16)29-25(30-22(19)33)32-7-8-36-13-15(32)3/h11-12,14-15,17-18,21,34H,5-10,13H2,1-4H3,(H2,26,27,28)/t15-,17?,18?,21+/m0/s1. The molecule has 11 nitrogen and oxygen atoms in total. The largest absolute Gasteiger partial charge is 0.383 e. The third kappa shape index (κ3) is 4.45. The summed E-state index contributed by atoms with van der Waals surface area (Å²) in [6, 6.07) is 0.566. The number of likely N-dealkylation sites (N-methyl/N-ethyl adjacent to an activating group) is 1. The van der Waals surface area contributed by atoms with Crippen molar-refractivity contribution < 1.29 is 14.6 Å². The lowest BCUT2D eigenvalue weighted by Gasteiger charge is -2.46. The Labute approximate surface area is 211 Å². The average molecular weight is 497 g/mol. The zero-order chi connectivity index (χ0) is 25.6. The second-order valence-corrected chi connectivity index (χ2v) is 10.5. The molecule has 0 spiro atoms. The summed E-state index contributed by atoms with van der Waals surface area (Å²) in [5.74, 6) is 1.56. The highest BCUT2D eigenvalue weighted by atomic mass is 16.5. The normalized spacial score (nSPS) is 24.4. The molecule has 0 aromatic carbocycles. The number of nitrogens with two attached hydrogens (primary N) is 1. The van der Waals surface area contributed by atoms with Crippen molar-refractivity contribution in [1.82, 2.24) is 24.8 Å². The zero-order valence-corrected chi connectivity index (χ0v) is 21.5. The number of ether oxygens (including phenoxy) is 1. The molecule has 1 saturated heterocycles. The van der Waals surface area contributed by atoms with Crippen molar-refractivity contribution in [2.75, 3.05) is 48.9 Å². The first-order valence-electron chi connectivity index (χ1n) is 12.8. The summed E-state index contributed by atoms with van der Waals surface area (Å²) in [6.45, 7) is 8.69. The number of fused-ring (bicyclic) bond motifs is 1. The number of amides is 1. The van der Waals surface area contributed by atoms with E-state index >= 15 is 0 Å². The molecule has 0 bridgehead atoms. The molecule has 1 aliphatic carbocycles. The molecule has 3 N–H and O–H groups in total. The van der Waals surface area contributed by atoms with Crippen molar-refractivity contribution in [3.05, 3.63) is 18.0 Å². The molecule has 2 aromatic heterocycles. The fraction of sp³-hybridized carbons (Fsp3) is 0.640. The van der Waals surface area contributed by atoms with Gasteiger partial charge in [-0.25, -0.2) is 15.0 Å². The van der Waals surface area contributed by atoms with E-state index in [1.807, 2.05) is 13.8 Å². The lowest BCUT2D eigenvalue weighted by molar-refractivity contribution is -0.145. The summed E-state index contributed by atoms with van der Waals surface area (Å²) in [4.78, 5) is 37.4. The van der Waals surface area contributed by atoms with E-state index in [9.17, 15) is 9.90 Å². The van der Waals surface area contributed by atoms with Gasteiger partial charge in [0, 0.05) is 55.7 Å². The van der Waals surface area contributed by atoms with Crippen molar-refractivity contribution in [3.63, 3.8) is 0 Å². The Morgan fingerprint density at radius 2 is 1.92 bits per heavy atom. The van der Waals surface area contributed by atoms with Gasteiger partial charge in [-0.3, -0.25) is 4.79 Å². The van der Waals surface area contributed by atoms with E-state index < -0.39 is 6.10 Å². The maximum atomic E-state index is 12.6. The summed E-state index contributed by atoms with van der Waals surface area (Å²) in [5.41, 5.74) is 8.50. The molecular weight excluding hydrogens is 460 g/mol. The smallest absolute Gasteiger partial charge is 0.251 e. The minimum atomic E-state index is -0.961. The molecule has 0 unspecified atom stereocenters. The van der Waals surface area contributed by atoms with Crippen LogP contribution in [0, 0.1) is 5.92 Å². The predicted octanol–water partition coefficient (Wildman–Crippen LogP) is 1.11. The first-order valence-corrected chi connectivity index (χ1v) is 12.8. The van der Waals surface area contributed by atoms with Gasteiger partial charge in [-0.2, -0.15) is 4.98 Å². The Bertz CT molecular complexity index is 1110. The summed E-state index contributed by atoms with van der Waals surface area (Å²) in [6.07, 6.45) is 5.01. The number of aliphatic hydroxyl groups is 1. The molecule has 194 valence electrons. The molecule has 4 heterocycles. The van der Waals surface area contributed by atoms with E-state index in [2.05, 4.69) is 26.7 Å². The van der Waals surface area contributed by atoms with Gasteiger partial charge >= 0.3 is 0 Å². The molecular formula is C25H36N8O3. The van der Waals surface area contributed by atoms with E-state index in [1.165, 1.54) is 0 Å². The third-order valence-corrected chi connectivity index (χ3v) is 7.73. The molecule has 36 heavy (non-hydrogen) atoms. The molecule has 2 aromatic rings. The maximum Gasteiger partial charge on any atom is 0.251 e. The third-order valence-electron chi connectivity index (χ3n) is 7.73. The van der Waals surface area contributed by atoms with Crippen LogP contribution in [0.3, 0.4) is 0 Å². The van der Waals surface area contributed by atoms with Crippen LogP contribution >= 0.6 is 0 Å². The average Bonchev–Trinajstić information content (AvgIpc) is 3.26. The molecule has 2 fully saturated rings. The number of rotatable bonds is 6. The summed E-state index contributed by atoms with van der Waals surface area (Å²) >= 11 is 0. The SMILES string of the molecule is CC(C)[C@@H](O)C(=O)N(C)C1CC(N2CCc3c(-c4cnc(N)nc4)nc(N4CCOC[C@@H]4C)nc32)C1. The topological polar surface area (TPSA) is 134 Å². The number of morpholine rings is 1. The summed E-state index contributed by atoms with van der Waals surface area (Å²) in [5, 5.41) is 10.2. The lowest BCUT2D eigenvalue weighted by atomic mass is 9.84. The number of anilines is 3. The molecule has 2 aliphatic heterocycles. The van der Waals surface area contributed by atoms with Crippen LogP contribution in [0.1, 0.15) is 39.2 Å². The van der Waals surface area contributed by atoms with Crippen molar-refractivity contribution in [2.45, 2.75) is 64.3 Å². The quantitative estimate of drug-likeness (QED) is 0.599. The van der Waals surface area contributed by atoms with Crippen molar-refractivity contribution in [1.29, 1.82) is 0 Å². The van der Waals surface area contributed by atoms with Gasteiger partial charge < -0.3 is 30.3 Å². The summed E-state index contributed by atoms with van der Waals surface area (Å²) < 4.78 is 5.63. The highest BCUT2D eigenvalue weighted by Gasteiger charge is 2.42. The molecule has 1 amide bonds. The van der Waals surface area contributed by atoms with Gasteiger partial charge in [-0.1, -0.05) is 13.8 Å². The number of carbonyl (C=O) groups excluding carboxylic acids is 1. The molecule has 5 rings (SSSR count). The monoisotopic (exact) mass is 496 g/mol. The number of nitrogens with zero attached hydrogens (tertiary/aromatic N) is 7. The first kappa shape index (κ1) is 24.6. The molecule has 3 aliphatic rings. The fourth-order valence-electron chi connectivity index (χ4n) is 5.28. The van der Waals surface area contributed by atoms with Crippen molar-refractivity contribution in [2.24, 2.45) is 5.92 Å². The molecule has 11 heteroatoms. The lowest BCUT2D eigenvalue weighted by Crippen LogP contribution is -2.56. The fourth-order valence-corrected chi connectivity index (χ4v) is 5.28. The Hall–Kier alpha value is -3.05. The van der Waals surface area contributed by atoms with Gasteiger partial charge in [0.05, 0.1) is 24.9 Å². The number of carbonyl (C=O) groups is 1. The Morgan fingerprint density at radius 1 is 1.19 bits per heavy atom. The van der Waals surface area contributed by atoms with Gasteiger partial charge in [0.25, 0.3) is 5.91 Å². The summed E-state index contributed by atoms with van der Waals surface area (Å²) in [7, 11) is 1.80. The first-order chi connectivity index (χ1) is 17.2. The predicted molar refractivity (Wildman–Crippen MR) is 137 cm³/mol. The molecule has 2 atom stereocenters. The minimum absolute atomic E-state index is 0.102. The van der Waals surface area contributed by atoms with Crippen LogP contribution in [0.2, 0.25) is 0 Å². The van der Waals surface area contributed by atoms with Crippen LogP contribution in [-0.2, 0) is 16.0 Å². The van der Waals surface area contributed by atoms with Crippen LogP contribution < -0.4 is 15.5 Å². The van der Waals surface area contributed by atoms with Gasteiger partial charge in [0.1, 0.15) is 11.9 Å². The number of aromatic nitrogens is 4. The van der Waals surface area contributed by atoms with Gasteiger partial charge in [-0.15, -0.1) is 0 Å². The molecule has 0 radical (unpaired) electrons. The Kier molecular flexibility index (Phi) is 6.69. The number of aliphatic hydroxyl groups excluding tert-OH is 1. The second kappa shape index (κ2) is 9.78. The van der Waals surface area contributed by atoms with Gasteiger partial charge in [0.2, 0.25) is 11.9 Å². The van der Waals surface area contributed by atoms with E-state index in [4.69, 9.17) is 20.4 Å². The Balaban J connectivity index is 1.42. The van der Waals surface area contributed by atoms with E-state index in [-0.39, 0.29) is 35.9 Å². The van der Waals surface area contributed by atoms with Crippen LogP contribution in [0.4, 0.5) is 17.7 Å². The second-order valence-electron chi connectivity index (χ2n) is 10.5. The highest BCUT2D eigenvalue weighted by Crippen LogP contribution is 2.41. The van der Waals surface area contributed by atoms with E-state index in [0.717, 1.165) is 55.0 Å². The highest BCUT2D eigenvalue weighted by molar-refractivity contribution is 5.81. The zero-order valence-electron chi connectivity index (χ0n) is 21.5.